The topological polar surface area (TPSA) is 131 Å². The van der Waals surface area contributed by atoms with Crippen molar-refractivity contribution in [2.24, 2.45) is 11.7 Å². The molecule has 0 radical (unpaired) electrons. The molecule has 0 aliphatic heterocycles. The SMILES string of the molecule is COc1ccccc1NS(=O)(=O)c1ccc(O)c(NC(=O)[C@@H](N)C(C)C)c1.Cl. The number of rotatable bonds is 7. The van der Waals surface area contributed by atoms with E-state index in [0.717, 1.165) is 6.07 Å². The first-order valence-electron chi connectivity index (χ1n) is 8.21. The highest BCUT2D eigenvalue weighted by Gasteiger charge is 2.21. The van der Waals surface area contributed by atoms with Crippen molar-refractivity contribution >= 4 is 39.7 Å². The Morgan fingerprint density at radius 1 is 1.14 bits per heavy atom. The van der Waals surface area contributed by atoms with Gasteiger partial charge in [-0.2, -0.15) is 0 Å². The minimum Gasteiger partial charge on any atom is -0.506 e. The number of phenolic OH excluding ortho intramolecular Hbond substituents is 1. The van der Waals surface area contributed by atoms with Crippen molar-refractivity contribution in [3.8, 4) is 11.5 Å². The van der Waals surface area contributed by atoms with Gasteiger partial charge in [-0.25, -0.2) is 8.42 Å². The van der Waals surface area contributed by atoms with Gasteiger partial charge in [0.15, 0.2) is 0 Å². The molecule has 154 valence electrons. The number of hydrogen-bond acceptors (Lipinski definition) is 6. The third kappa shape index (κ3) is 5.51. The van der Waals surface area contributed by atoms with E-state index in [1.807, 2.05) is 0 Å². The quantitative estimate of drug-likeness (QED) is 0.500. The van der Waals surface area contributed by atoms with Gasteiger partial charge in [0.2, 0.25) is 5.91 Å². The summed E-state index contributed by atoms with van der Waals surface area (Å²) in [4.78, 5) is 12.0. The second-order valence-corrected chi connectivity index (χ2v) is 7.93. The lowest BCUT2D eigenvalue weighted by Gasteiger charge is -2.17. The van der Waals surface area contributed by atoms with Crippen LogP contribution in [0.2, 0.25) is 0 Å². The molecular weight excluding hydrogens is 406 g/mol. The molecule has 0 aromatic heterocycles. The standard InChI is InChI=1S/C18H23N3O5S.ClH/c1-11(2)17(19)18(23)20-14-10-12(8-9-15(14)22)27(24,25)21-13-6-4-5-7-16(13)26-3;/h4-11,17,21-22H,19H2,1-3H3,(H,20,23);1H/t17-;/m0./s1. The van der Waals surface area contributed by atoms with Crippen molar-refractivity contribution in [2.45, 2.75) is 24.8 Å². The Balaban J connectivity index is 0.00000392. The van der Waals surface area contributed by atoms with Crippen molar-refractivity contribution < 1.29 is 23.1 Å². The minimum absolute atomic E-state index is 0. The van der Waals surface area contributed by atoms with Crippen molar-refractivity contribution in [3.05, 3.63) is 42.5 Å². The third-order valence-corrected chi connectivity index (χ3v) is 5.27. The fourth-order valence-corrected chi connectivity index (χ4v) is 3.33. The van der Waals surface area contributed by atoms with E-state index in [4.69, 9.17) is 10.5 Å². The highest BCUT2D eigenvalue weighted by molar-refractivity contribution is 7.92. The number of amides is 1. The largest absolute Gasteiger partial charge is 0.506 e. The van der Waals surface area contributed by atoms with Crippen molar-refractivity contribution in [3.63, 3.8) is 0 Å². The summed E-state index contributed by atoms with van der Waals surface area (Å²) in [5.74, 6) is -0.550. The van der Waals surface area contributed by atoms with E-state index in [1.54, 1.807) is 38.1 Å². The van der Waals surface area contributed by atoms with Crippen LogP contribution >= 0.6 is 12.4 Å². The lowest BCUT2D eigenvalue weighted by Crippen LogP contribution is -2.39. The molecule has 2 aromatic carbocycles. The Morgan fingerprint density at radius 2 is 1.79 bits per heavy atom. The third-order valence-electron chi connectivity index (χ3n) is 3.91. The normalized spacial score (nSPS) is 12.0. The Hall–Kier alpha value is -2.49. The van der Waals surface area contributed by atoms with Gasteiger partial charge in [-0.15, -0.1) is 12.4 Å². The van der Waals surface area contributed by atoms with E-state index < -0.39 is 22.0 Å². The molecule has 0 spiro atoms. The number of benzene rings is 2. The van der Waals surface area contributed by atoms with E-state index >= 15 is 0 Å². The number of nitrogens with two attached hydrogens (primary N) is 1. The zero-order valence-electron chi connectivity index (χ0n) is 15.7. The molecule has 2 rings (SSSR count). The average Bonchev–Trinajstić information content (AvgIpc) is 2.62. The number of nitrogens with one attached hydrogen (secondary N) is 2. The lowest BCUT2D eigenvalue weighted by molar-refractivity contribution is -0.118. The van der Waals surface area contributed by atoms with Crippen LogP contribution in [0.3, 0.4) is 0 Å². The molecule has 28 heavy (non-hydrogen) atoms. The number of ether oxygens (including phenoxy) is 1. The number of para-hydroxylation sites is 2. The molecule has 0 saturated heterocycles. The molecule has 0 unspecified atom stereocenters. The summed E-state index contributed by atoms with van der Waals surface area (Å²) >= 11 is 0. The number of anilines is 2. The molecule has 0 bridgehead atoms. The lowest BCUT2D eigenvalue weighted by atomic mass is 10.0. The molecule has 0 fully saturated rings. The number of methoxy groups -OCH3 is 1. The van der Waals surface area contributed by atoms with Crippen molar-refractivity contribution in [1.82, 2.24) is 0 Å². The Morgan fingerprint density at radius 3 is 2.39 bits per heavy atom. The van der Waals surface area contributed by atoms with Gasteiger partial charge in [-0.3, -0.25) is 9.52 Å². The van der Waals surface area contributed by atoms with Crippen LogP contribution in [0.5, 0.6) is 11.5 Å². The van der Waals surface area contributed by atoms with Gasteiger partial charge in [0.05, 0.1) is 29.4 Å². The summed E-state index contributed by atoms with van der Waals surface area (Å²) in [6.07, 6.45) is 0. The number of carbonyl (C=O) groups excluding carboxylic acids is 1. The fraction of sp³-hybridized carbons (Fsp3) is 0.278. The number of carbonyl (C=O) groups is 1. The van der Waals surface area contributed by atoms with E-state index in [2.05, 4.69) is 10.0 Å². The van der Waals surface area contributed by atoms with Crippen LogP contribution in [-0.2, 0) is 14.8 Å². The van der Waals surface area contributed by atoms with Crippen LogP contribution < -0.4 is 20.5 Å². The van der Waals surface area contributed by atoms with Crippen LogP contribution in [-0.4, -0.2) is 32.6 Å². The van der Waals surface area contributed by atoms with Gasteiger partial charge in [0, 0.05) is 0 Å². The molecule has 1 amide bonds. The molecular formula is C18H24ClN3O5S. The first-order chi connectivity index (χ1) is 12.7. The monoisotopic (exact) mass is 429 g/mol. The van der Waals surface area contributed by atoms with Crippen molar-refractivity contribution in [2.75, 3.05) is 17.1 Å². The summed E-state index contributed by atoms with van der Waals surface area (Å²) in [5, 5.41) is 12.4. The number of aromatic hydroxyl groups is 1. The molecule has 10 heteroatoms. The van der Waals surface area contributed by atoms with Crippen LogP contribution in [0.4, 0.5) is 11.4 Å². The second kappa shape index (κ2) is 9.63. The van der Waals surface area contributed by atoms with Gasteiger partial charge in [-0.05, 0) is 36.2 Å². The molecule has 1 atom stereocenters. The van der Waals surface area contributed by atoms with E-state index in [0.29, 0.717) is 5.75 Å². The Bertz CT molecular complexity index is 935. The van der Waals surface area contributed by atoms with Gasteiger partial charge < -0.3 is 20.9 Å². The fourth-order valence-electron chi connectivity index (χ4n) is 2.23. The van der Waals surface area contributed by atoms with E-state index in [1.165, 1.54) is 19.2 Å². The van der Waals surface area contributed by atoms with Crippen LogP contribution in [0.25, 0.3) is 0 Å². The van der Waals surface area contributed by atoms with E-state index in [-0.39, 0.29) is 40.3 Å². The smallest absolute Gasteiger partial charge is 0.262 e. The Kier molecular flexibility index (Phi) is 8.10. The molecule has 0 heterocycles. The first-order valence-corrected chi connectivity index (χ1v) is 9.69. The predicted octanol–water partition coefficient (Wildman–Crippen LogP) is 2.55. The zero-order chi connectivity index (χ0) is 20.2. The average molecular weight is 430 g/mol. The molecule has 2 aromatic rings. The van der Waals surface area contributed by atoms with Gasteiger partial charge in [0.25, 0.3) is 10.0 Å². The number of halogens is 1. The number of sulfonamides is 1. The summed E-state index contributed by atoms with van der Waals surface area (Å²) in [7, 11) is -2.55. The summed E-state index contributed by atoms with van der Waals surface area (Å²) in [6, 6.07) is 9.33. The van der Waals surface area contributed by atoms with Gasteiger partial charge in [-0.1, -0.05) is 26.0 Å². The maximum absolute atomic E-state index is 12.7. The number of hydrogen-bond donors (Lipinski definition) is 4. The highest BCUT2D eigenvalue weighted by Crippen LogP contribution is 2.30. The first kappa shape index (κ1) is 23.5. The minimum atomic E-state index is -3.98. The Labute approximate surface area is 170 Å². The van der Waals surface area contributed by atoms with Crippen molar-refractivity contribution in [1.29, 1.82) is 0 Å². The molecule has 0 aliphatic rings. The van der Waals surface area contributed by atoms with Crippen LogP contribution in [0.1, 0.15) is 13.8 Å². The molecule has 8 nitrogen and oxygen atoms in total. The predicted molar refractivity (Wildman–Crippen MR) is 111 cm³/mol. The molecule has 0 aliphatic carbocycles. The van der Waals surface area contributed by atoms with Gasteiger partial charge >= 0.3 is 0 Å². The second-order valence-electron chi connectivity index (χ2n) is 6.24. The number of phenols is 1. The van der Waals surface area contributed by atoms with Gasteiger partial charge in [0.1, 0.15) is 11.5 Å². The summed E-state index contributed by atoms with van der Waals surface area (Å²) in [5.41, 5.74) is 6.00. The summed E-state index contributed by atoms with van der Waals surface area (Å²) < 4.78 is 32.9. The van der Waals surface area contributed by atoms with Crippen LogP contribution in [0, 0.1) is 5.92 Å². The molecule has 5 N–H and O–H groups in total. The maximum atomic E-state index is 12.7. The molecule has 0 saturated carbocycles. The highest BCUT2D eigenvalue weighted by atomic mass is 35.5. The van der Waals surface area contributed by atoms with Crippen LogP contribution in [0.15, 0.2) is 47.4 Å². The zero-order valence-corrected chi connectivity index (χ0v) is 17.3. The summed E-state index contributed by atoms with van der Waals surface area (Å²) in [6.45, 7) is 3.56. The van der Waals surface area contributed by atoms with E-state index in [9.17, 15) is 18.3 Å². The maximum Gasteiger partial charge on any atom is 0.262 e.